The maximum atomic E-state index is 12.1. The van der Waals surface area contributed by atoms with Gasteiger partial charge in [-0.05, 0) is 32.4 Å². The molecular formula is C13H27ClN2O3. The fraction of sp³-hybridized carbons (Fsp3) is 0.923. The zero-order valence-electron chi connectivity index (χ0n) is 12.0. The van der Waals surface area contributed by atoms with Crippen LogP contribution in [0, 0.1) is 0 Å². The lowest BCUT2D eigenvalue weighted by molar-refractivity contribution is -0.139. The highest BCUT2D eigenvalue weighted by Crippen LogP contribution is 2.12. The van der Waals surface area contributed by atoms with Crippen LogP contribution in [0.5, 0.6) is 0 Å². The smallest absolute Gasteiger partial charge is 0.248 e. The third-order valence-corrected chi connectivity index (χ3v) is 3.19. The lowest BCUT2D eigenvalue weighted by Crippen LogP contribution is -2.47. The van der Waals surface area contributed by atoms with Crippen LogP contribution in [0.1, 0.15) is 26.2 Å². The van der Waals surface area contributed by atoms with Crippen LogP contribution in [0.2, 0.25) is 0 Å². The molecule has 1 saturated heterocycles. The summed E-state index contributed by atoms with van der Waals surface area (Å²) in [6.07, 6.45) is 3.08. The number of rotatable bonds is 8. The first-order valence-corrected chi connectivity index (χ1v) is 6.86. The molecule has 6 heteroatoms. The molecule has 1 rings (SSSR count). The molecular weight excluding hydrogens is 268 g/mol. The van der Waals surface area contributed by atoms with Crippen molar-refractivity contribution in [1.82, 2.24) is 10.2 Å². The Labute approximate surface area is 122 Å². The number of nitrogens with zero attached hydrogens (tertiary/aromatic N) is 1. The molecule has 1 heterocycles. The van der Waals surface area contributed by atoms with Crippen LogP contribution in [-0.2, 0) is 14.3 Å². The van der Waals surface area contributed by atoms with Crippen molar-refractivity contribution in [2.45, 2.75) is 32.2 Å². The molecule has 0 aromatic rings. The molecule has 0 aliphatic carbocycles. The third kappa shape index (κ3) is 7.11. The highest BCUT2D eigenvalue weighted by molar-refractivity contribution is 5.85. The number of carbonyl (C=O) groups is 1. The summed E-state index contributed by atoms with van der Waals surface area (Å²) in [5.41, 5.74) is 0. The van der Waals surface area contributed by atoms with Gasteiger partial charge in [0.2, 0.25) is 5.91 Å². The Hall–Kier alpha value is -0.360. The van der Waals surface area contributed by atoms with Crippen molar-refractivity contribution < 1.29 is 14.3 Å². The average molecular weight is 295 g/mol. The molecule has 0 spiro atoms. The van der Waals surface area contributed by atoms with Gasteiger partial charge in [-0.25, -0.2) is 0 Å². The van der Waals surface area contributed by atoms with Crippen LogP contribution in [0.15, 0.2) is 0 Å². The summed E-state index contributed by atoms with van der Waals surface area (Å²) in [6.45, 7) is 6.13. The Morgan fingerprint density at radius 2 is 2.00 bits per heavy atom. The normalized spacial score (nSPS) is 15.9. The zero-order valence-corrected chi connectivity index (χ0v) is 12.8. The lowest BCUT2D eigenvalue weighted by Gasteiger charge is -2.34. The summed E-state index contributed by atoms with van der Waals surface area (Å²) in [4.78, 5) is 14.1. The number of nitrogens with one attached hydrogen (secondary N) is 1. The molecule has 0 atom stereocenters. The number of carbonyl (C=O) groups excluding carboxylic acids is 1. The SMILES string of the molecule is CCCN(C(=O)COCCOC)C1CCNCC1.Cl. The molecule has 1 aliphatic rings. The van der Waals surface area contributed by atoms with Crippen molar-refractivity contribution in [1.29, 1.82) is 0 Å². The van der Waals surface area contributed by atoms with Gasteiger partial charge in [0.25, 0.3) is 0 Å². The summed E-state index contributed by atoms with van der Waals surface area (Å²) in [7, 11) is 1.63. The van der Waals surface area contributed by atoms with E-state index < -0.39 is 0 Å². The number of ether oxygens (including phenoxy) is 2. The van der Waals surface area contributed by atoms with Gasteiger partial charge in [-0.1, -0.05) is 6.92 Å². The number of amides is 1. The van der Waals surface area contributed by atoms with Gasteiger partial charge in [0.1, 0.15) is 6.61 Å². The molecule has 5 nitrogen and oxygen atoms in total. The van der Waals surface area contributed by atoms with Crippen LogP contribution in [-0.4, -0.2) is 63.4 Å². The molecule has 0 aromatic carbocycles. The van der Waals surface area contributed by atoms with E-state index in [-0.39, 0.29) is 24.9 Å². The molecule has 0 unspecified atom stereocenters. The molecule has 0 bridgehead atoms. The predicted octanol–water partition coefficient (Wildman–Crippen LogP) is 1.06. The quantitative estimate of drug-likeness (QED) is 0.680. The highest BCUT2D eigenvalue weighted by atomic mass is 35.5. The predicted molar refractivity (Wildman–Crippen MR) is 77.8 cm³/mol. The Kier molecular flexibility index (Phi) is 11.2. The second kappa shape index (κ2) is 11.5. The summed E-state index contributed by atoms with van der Waals surface area (Å²) in [5, 5.41) is 3.32. The first-order valence-electron chi connectivity index (χ1n) is 6.86. The van der Waals surface area contributed by atoms with Crippen LogP contribution < -0.4 is 5.32 Å². The Morgan fingerprint density at radius 3 is 2.58 bits per heavy atom. The van der Waals surface area contributed by atoms with Gasteiger partial charge in [0, 0.05) is 19.7 Å². The Balaban J connectivity index is 0.00000324. The van der Waals surface area contributed by atoms with Crippen LogP contribution in [0.25, 0.3) is 0 Å². The largest absolute Gasteiger partial charge is 0.382 e. The minimum absolute atomic E-state index is 0. The molecule has 114 valence electrons. The minimum Gasteiger partial charge on any atom is -0.382 e. The molecule has 1 N–H and O–H groups in total. The van der Waals surface area contributed by atoms with E-state index in [0.29, 0.717) is 19.3 Å². The standard InChI is InChI=1S/C13H26N2O3.ClH/c1-3-8-15(12-4-6-14-7-5-12)13(16)11-18-10-9-17-2;/h12,14H,3-11H2,1-2H3;1H. The molecule has 0 aromatic heterocycles. The van der Waals surface area contributed by atoms with Crippen molar-refractivity contribution in [3.63, 3.8) is 0 Å². The van der Waals surface area contributed by atoms with Gasteiger partial charge in [0.15, 0.2) is 0 Å². The molecule has 1 aliphatic heterocycles. The third-order valence-electron chi connectivity index (χ3n) is 3.19. The average Bonchev–Trinajstić information content (AvgIpc) is 2.41. The number of hydrogen-bond donors (Lipinski definition) is 1. The number of hydrogen-bond acceptors (Lipinski definition) is 4. The van der Waals surface area contributed by atoms with Crippen molar-refractivity contribution in [3.05, 3.63) is 0 Å². The number of methoxy groups -OCH3 is 1. The fourth-order valence-corrected chi connectivity index (χ4v) is 2.25. The van der Waals surface area contributed by atoms with E-state index in [4.69, 9.17) is 9.47 Å². The van der Waals surface area contributed by atoms with E-state index >= 15 is 0 Å². The topological polar surface area (TPSA) is 50.8 Å². The molecule has 19 heavy (non-hydrogen) atoms. The lowest BCUT2D eigenvalue weighted by atomic mass is 10.0. The monoisotopic (exact) mass is 294 g/mol. The summed E-state index contributed by atoms with van der Waals surface area (Å²) >= 11 is 0. The minimum atomic E-state index is 0. The van der Waals surface area contributed by atoms with E-state index in [1.807, 2.05) is 4.90 Å². The van der Waals surface area contributed by atoms with E-state index in [1.54, 1.807) is 7.11 Å². The summed E-state index contributed by atoms with van der Waals surface area (Å²) < 4.78 is 10.2. The zero-order chi connectivity index (χ0) is 13.2. The van der Waals surface area contributed by atoms with Crippen LogP contribution in [0.3, 0.4) is 0 Å². The van der Waals surface area contributed by atoms with E-state index in [9.17, 15) is 4.79 Å². The van der Waals surface area contributed by atoms with Crippen molar-refractivity contribution in [2.24, 2.45) is 0 Å². The van der Waals surface area contributed by atoms with E-state index in [0.717, 1.165) is 38.9 Å². The van der Waals surface area contributed by atoms with Gasteiger partial charge in [-0.3, -0.25) is 4.79 Å². The van der Waals surface area contributed by atoms with Crippen LogP contribution in [0.4, 0.5) is 0 Å². The number of halogens is 1. The van der Waals surface area contributed by atoms with Crippen LogP contribution >= 0.6 is 12.4 Å². The van der Waals surface area contributed by atoms with Gasteiger partial charge in [-0.2, -0.15) is 0 Å². The van der Waals surface area contributed by atoms with Gasteiger partial charge in [0.05, 0.1) is 13.2 Å². The van der Waals surface area contributed by atoms with Crippen molar-refractivity contribution in [3.8, 4) is 0 Å². The van der Waals surface area contributed by atoms with E-state index in [1.165, 1.54) is 0 Å². The fourth-order valence-electron chi connectivity index (χ4n) is 2.25. The second-order valence-corrected chi connectivity index (χ2v) is 4.61. The molecule has 0 radical (unpaired) electrons. The van der Waals surface area contributed by atoms with Gasteiger partial charge < -0.3 is 19.7 Å². The molecule has 1 amide bonds. The van der Waals surface area contributed by atoms with Gasteiger partial charge in [-0.15, -0.1) is 12.4 Å². The van der Waals surface area contributed by atoms with Gasteiger partial charge >= 0.3 is 0 Å². The highest BCUT2D eigenvalue weighted by Gasteiger charge is 2.24. The first-order chi connectivity index (χ1) is 8.79. The Morgan fingerprint density at radius 1 is 1.32 bits per heavy atom. The number of piperidine rings is 1. The summed E-state index contributed by atoms with van der Waals surface area (Å²) in [5.74, 6) is 0.111. The maximum Gasteiger partial charge on any atom is 0.248 e. The first kappa shape index (κ1) is 18.6. The molecule has 0 saturated carbocycles. The molecule has 1 fully saturated rings. The summed E-state index contributed by atoms with van der Waals surface area (Å²) in [6, 6.07) is 0.379. The van der Waals surface area contributed by atoms with Crippen molar-refractivity contribution in [2.75, 3.05) is 46.6 Å². The Bertz CT molecular complexity index is 236. The van der Waals surface area contributed by atoms with Crippen molar-refractivity contribution >= 4 is 18.3 Å². The maximum absolute atomic E-state index is 12.1. The van der Waals surface area contributed by atoms with E-state index in [2.05, 4.69) is 12.2 Å². The second-order valence-electron chi connectivity index (χ2n) is 4.61.